The molecule has 0 rings (SSSR count). The predicted octanol–water partition coefficient (Wildman–Crippen LogP) is -0.277. The highest BCUT2D eigenvalue weighted by Gasteiger charge is 2.27. The number of carbonyl (C=O) groups is 1. The Kier molecular flexibility index (Phi) is 5.25. The fraction of sp³-hybridized carbons (Fsp3) is 0.750. The number of ether oxygens (including phenoxy) is 1. The molecule has 0 radical (unpaired) electrons. The van der Waals surface area contributed by atoms with Crippen LogP contribution in [-0.4, -0.2) is 44.1 Å². The zero-order chi connectivity index (χ0) is 12.1. The van der Waals surface area contributed by atoms with Gasteiger partial charge < -0.3 is 4.74 Å². The summed E-state index contributed by atoms with van der Waals surface area (Å²) in [7, 11) is -2.53. The Morgan fingerprint density at radius 2 is 2.07 bits per heavy atom. The Morgan fingerprint density at radius 3 is 2.40 bits per heavy atom. The van der Waals surface area contributed by atoms with Gasteiger partial charge in [0.2, 0.25) is 10.0 Å². The molecule has 0 heterocycles. The monoisotopic (exact) mass is 234 g/mol. The van der Waals surface area contributed by atoms with Gasteiger partial charge in [0.05, 0.1) is 13.2 Å². The summed E-state index contributed by atoms with van der Waals surface area (Å²) < 4.78 is 28.4. The van der Waals surface area contributed by atoms with Crippen molar-refractivity contribution < 1.29 is 17.9 Å². The molecule has 6 nitrogen and oxygen atoms in total. The molecule has 15 heavy (non-hydrogen) atoms. The van der Waals surface area contributed by atoms with Crippen molar-refractivity contribution in [2.75, 3.05) is 19.4 Å². The summed E-state index contributed by atoms with van der Waals surface area (Å²) in [4.78, 5) is 11.0. The zero-order valence-corrected chi connectivity index (χ0v) is 9.74. The van der Waals surface area contributed by atoms with Crippen LogP contribution in [0.15, 0.2) is 0 Å². The van der Waals surface area contributed by atoms with Gasteiger partial charge in [-0.2, -0.15) is 9.57 Å². The molecule has 0 aromatic rings. The molecule has 0 fully saturated rings. The lowest BCUT2D eigenvalue weighted by atomic mass is 10.4. The molecule has 0 N–H and O–H groups in total. The third-order valence-electron chi connectivity index (χ3n) is 1.69. The fourth-order valence-electron chi connectivity index (χ4n) is 0.958. The molecule has 0 atom stereocenters. The fourth-order valence-corrected chi connectivity index (χ4v) is 2.23. The van der Waals surface area contributed by atoms with E-state index in [2.05, 4.69) is 4.74 Å². The maximum absolute atomic E-state index is 11.5. The molecule has 0 saturated heterocycles. The van der Waals surface area contributed by atoms with Crippen LogP contribution in [0.1, 0.15) is 13.8 Å². The van der Waals surface area contributed by atoms with E-state index in [1.807, 2.05) is 0 Å². The topological polar surface area (TPSA) is 87.5 Å². The third-order valence-corrected chi connectivity index (χ3v) is 3.45. The van der Waals surface area contributed by atoms with Crippen LogP contribution in [0.2, 0.25) is 0 Å². The van der Waals surface area contributed by atoms with E-state index in [0.717, 1.165) is 4.31 Å². The average molecular weight is 234 g/mol. The van der Waals surface area contributed by atoms with Crippen molar-refractivity contribution in [3.8, 4) is 6.07 Å². The van der Waals surface area contributed by atoms with Gasteiger partial charge in [0.1, 0.15) is 6.54 Å². The SMILES string of the molecule is COC(=O)CN(C(C)C)S(=O)(=O)CC#N. The largest absolute Gasteiger partial charge is 0.468 e. The van der Waals surface area contributed by atoms with E-state index in [9.17, 15) is 13.2 Å². The highest BCUT2D eigenvalue weighted by molar-refractivity contribution is 7.89. The summed E-state index contributed by atoms with van der Waals surface area (Å²) in [6.07, 6.45) is 0. The number of hydrogen-bond acceptors (Lipinski definition) is 5. The molecular weight excluding hydrogens is 220 g/mol. The summed E-state index contributed by atoms with van der Waals surface area (Å²) in [6, 6.07) is 1.17. The highest BCUT2D eigenvalue weighted by atomic mass is 32.2. The van der Waals surface area contributed by atoms with Crippen LogP contribution in [0.25, 0.3) is 0 Å². The molecule has 0 aliphatic rings. The van der Waals surface area contributed by atoms with Gasteiger partial charge in [-0.1, -0.05) is 0 Å². The summed E-state index contributed by atoms with van der Waals surface area (Å²) in [5.41, 5.74) is 0. The zero-order valence-electron chi connectivity index (χ0n) is 8.93. The minimum atomic E-state index is -3.71. The molecule has 0 saturated carbocycles. The first-order valence-corrected chi connectivity index (χ1v) is 5.89. The third kappa shape index (κ3) is 4.27. The van der Waals surface area contributed by atoms with Crippen molar-refractivity contribution >= 4 is 16.0 Å². The van der Waals surface area contributed by atoms with Crippen LogP contribution < -0.4 is 0 Å². The number of hydrogen-bond donors (Lipinski definition) is 0. The highest BCUT2D eigenvalue weighted by Crippen LogP contribution is 2.07. The van der Waals surface area contributed by atoms with Gasteiger partial charge in [0.25, 0.3) is 0 Å². The smallest absolute Gasteiger partial charge is 0.321 e. The van der Waals surface area contributed by atoms with Crippen molar-refractivity contribution in [2.24, 2.45) is 0 Å². The average Bonchev–Trinajstić information content (AvgIpc) is 2.12. The first kappa shape index (κ1) is 13.9. The van der Waals surface area contributed by atoms with Gasteiger partial charge in [-0.05, 0) is 13.8 Å². The van der Waals surface area contributed by atoms with Crippen molar-refractivity contribution in [1.82, 2.24) is 4.31 Å². The Labute approximate surface area is 89.5 Å². The second kappa shape index (κ2) is 5.68. The van der Waals surface area contributed by atoms with E-state index >= 15 is 0 Å². The molecular formula is C8H14N2O4S. The van der Waals surface area contributed by atoms with Gasteiger partial charge in [-0.3, -0.25) is 4.79 Å². The second-order valence-electron chi connectivity index (χ2n) is 3.13. The van der Waals surface area contributed by atoms with Gasteiger partial charge in [-0.15, -0.1) is 0 Å². The van der Waals surface area contributed by atoms with E-state index in [4.69, 9.17) is 5.26 Å². The van der Waals surface area contributed by atoms with Gasteiger partial charge in [-0.25, -0.2) is 8.42 Å². The molecule has 0 aromatic heterocycles. The van der Waals surface area contributed by atoms with Gasteiger partial charge >= 0.3 is 5.97 Å². The molecule has 0 unspecified atom stereocenters. The molecule has 0 aliphatic carbocycles. The van der Waals surface area contributed by atoms with Crippen LogP contribution in [-0.2, 0) is 19.6 Å². The summed E-state index contributed by atoms with van der Waals surface area (Å²) in [6.45, 7) is 2.88. The number of methoxy groups -OCH3 is 1. The predicted molar refractivity (Wildman–Crippen MR) is 53.3 cm³/mol. The number of esters is 1. The number of nitrogens with zero attached hydrogens (tertiary/aromatic N) is 2. The minimum Gasteiger partial charge on any atom is -0.468 e. The first-order chi connectivity index (χ1) is 6.85. The van der Waals surface area contributed by atoms with Crippen LogP contribution >= 0.6 is 0 Å². The van der Waals surface area contributed by atoms with E-state index < -0.39 is 21.7 Å². The molecule has 0 spiro atoms. The lowest BCUT2D eigenvalue weighted by molar-refractivity contribution is -0.141. The van der Waals surface area contributed by atoms with E-state index in [0.29, 0.717) is 0 Å². The molecule has 7 heteroatoms. The number of carbonyl (C=O) groups excluding carboxylic acids is 1. The first-order valence-electron chi connectivity index (χ1n) is 4.28. The molecule has 86 valence electrons. The Hall–Kier alpha value is -1.13. The van der Waals surface area contributed by atoms with Crippen molar-refractivity contribution in [3.63, 3.8) is 0 Å². The van der Waals surface area contributed by atoms with Gasteiger partial charge in [0.15, 0.2) is 5.75 Å². The lowest BCUT2D eigenvalue weighted by Crippen LogP contribution is -2.42. The summed E-state index contributed by atoms with van der Waals surface area (Å²) >= 11 is 0. The quantitative estimate of drug-likeness (QED) is 0.611. The lowest BCUT2D eigenvalue weighted by Gasteiger charge is -2.23. The summed E-state index contributed by atoms with van der Waals surface area (Å²) in [5.74, 6) is -1.28. The van der Waals surface area contributed by atoms with E-state index in [-0.39, 0.29) is 12.6 Å². The standard InChI is InChI=1S/C8H14N2O4S/c1-7(2)10(6-8(11)14-3)15(12,13)5-4-9/h7H,5-6H2,1-3H3. The van der Waals surface area contributed by atoms with E-state index in [1.165, 1.54) is 7.11 Å². The van der Waals surface area contributed by atoms with Crippen molar-refractivity contribution in [2.45, 2.75) is 19.9 Å². The van der Waals surface area contributed by atoms with Crippen LogP contribution in [0.5, 0.6) is 0 Å². The minimum absolute atomic E-state index is 0.363. The molecule has 0 amide bonds. The van der Waals surface area contributed by atoms with E-state index in [1.54, 1.807) is 19.9 Å². The molecule has 0 aliphatic heterocycles. The maximum atomic E-state index is 11.5. The van der Waals surface area contributed by atoms with Crippen LogP contribution in [0, 0.1) is 11.3 Å². The molecule has 0 bridgehead atoms. The number of sulfonamides is 1. The molecule has 0 aromatic carbocycles. The Bertz CT molecular complexity index is 355. The van der Waals surface area contributed by atoms with Crippen LogP contribution in [0.3, 0.4) is 0 Å². The maximum Gasteiger partial charge on any atom is 0.321 e. The number of nitriles is 1. The Morgan fingerprint density at radius 1 is 1.53 bits per heavy atom. The van der Waals surface area contributed by atoms with Crippen molar-refractivity contribution in [3.05, 3.63) is 0 Å². The van der Waals surface area contributed by atoms with Crippen LogP contribution in [0.4, 0.5) is 0 Å². The Balaban J connectivity index is 4.84. The van der Waals surface area contributed by atoms with Gasteiger partial charge in [0, 0.05) is 6.04 Å². The summed E-state index contributed by atoms with van der Waals surface area (Å²) in [5, 5.41) is 8.35. The second-order valence-corrected chi connectivity index (χ2v) is 5.05. The normalized spacial score (nSPS) is 11.5. The number of rotatable bonds is 5. The van der Waals surface area contributed by atoms with Crippen molar-refractivity contribution in [1.29, 1.82) is 5.26 Å².